The van der Waals surface area contributed by atoms with Gasteiger partial charge in [-0.1, -0.05) is 0 Å². The van der Waals surface area contributed by atoms with E-state index in [1.54, 1.807) is 6.92 Å². The van der Waals surface area contributed by atoms with Gasteiger partial charge in [0.1, 0.15) is 4.88 Å². The fraction of sp³-hybridized carbons (Fsp3) is 0.375. The topological polar surface area (TPSA) is 76.5 Å². The Morgan fingerprint density at radius 3 is 2.71 bits per heavy atom. The van der Waals surface area contributed by atoms with E-state index in [1.807, 2.05) is 0 Å². The highest BCUT2D eigenvalue weighted by atomic mass is 32.1. The van der Waals surface area contributed by atoms with Crippen LogP contribution < -0.4 is 0 Å². The van der Waals surface area contributed by atoms with Crippen molar-refractivity contribution in [3.63, 3.8) is 0 Å². The van der Waals surface area contributed by atoms with E-state index in [0.29, 0.717) is 5.01 Å². The second-order valence-corrected chi connectivity index (χ2v) is 3.77. The normalized spacial score (nSPS) is 9.86. The Bertz CT molecular complexity index is 371. The lowest BCUT2D eigenvalue weighted by Crippen LogP contribution is -2.07. The van der Waals surface area contributed by atoms with Crippen LogP contribution in [0.15, 0.2) is 0 Å². The number of carboxylic acids is 1. The van der Waals surface area contributed by atoms with Crippen molar-refractivity contribution in [1.82, 2.24) is 4.98 Å². The van der Waals surface area contributed by atoms with Crippen molar-refractivity contribution in [3.05, 3.63) is 15.6 Å². The maximum Gasteiger partial charge on any atom is 0.350 e. The molecule has 5 nitrogen and oxygen atoms in total. The van der Waals surface area contributed by atoms with Crippen LogP contribution in [0.25, 0.3) is 0 Å². The molecule has 0 saturated heterocycles. The second-order valence-electron chi connectivity index (χ2n) is 2.57. The molecule has 0 unspecified atom stereocenters. The number of aryl methyl sites for hydroxylation is 1. The van der Waals surface area contributed by atoms with Crippen LogP contribution in [-0.2, 0) is 16.0 Å². The van der Waals surface area contributed by atoms with Crippen LogP contribution >= 0.6 is 11.3 Å². The molecule has 0 bridgehead atoms. The predicted octanol–water partition coefficient (Wildman–Crippen LogP) is 0.865. The summed E-state index contributed by atoms with van der Waals surface area (Å²) < 4.78 is 4.51. The number of carboxylic acid groups (broad SMARTS) is 1. The van der Waals surface area contributed by atoms with Crippen molar-refractivity contribution < 1.29 is 19.4 Å². The molecule has 1 rings (SSSR count). The number of methoxy groups -OCH3 is 1. The highest BCUT2D eigenvalue weighted by Crippen LogP contribution is 2.19. The molecule has 1 N–H and O–H groups in total. The largest absolute Gasteiger partial charge is 0.481 e. The molecule has 6 heteroatoms. The van der Waals surface area contributed by atoms with E-state index >= 15 is 0 Å². The Morgan fingerprint density at radius 2 is 2.21 bits per heavy atom. The second kappa shape index (κ2) is 4.19. The molecule has 0 amide bonds. The third kappa shape index (κ3) is 2.29. The lowest BCUT2D eigenvalue weighted by atomic mass is 10.3. The standard InChI is InChI=1S/C8H9NO4S/c1-4-9-5(3-6(10)11)7(14-4)8(12)13-2/h3H2,1-2H3,(H,10,11). The zero-order valence-electron chi connectivity index (χ0n) is 7.73. The van der Waals surface area contributed by atoms with Crippen molar-refractivity contribution in [2.45, 2.75) is 13.3 Å². The van der Waals surface area contributed by atoms with Crippen LogP contribution in [0.2, 0.25) is 0 Å². The summed E-state index contributed by atoms with van der Waals surface area (Å²) >= 11 is 1.14. The highest BCUT2D eigenvalue weighted by Gasteiger charge is 2.18. The van der Waals surface area contributed by atoms with Crippen LogP contribution in [-0.4, -0.2) is 29.1 Å². The average Bonchev–Trinajstić information content (AvgIpc) is 2.44. The summed E-state index contributed by atoms with van der Waals surface area (Å²) in [6.45, 7) is 1.71. The molecule has 1 heterocycles. The number of carbonyl (C=O) groups is 2. The lowest BCUT2D eigenvalue weighted by Gasteiger charge is -1.96. The Labute approximate surface area is 84.3 Å². The van der Waals surface area contributed by atoms with Crippen LogP contribution in [0, 0.1) is 6.92 Å². The van der Waals surface area contributed by atoms with E-state index in [1.165, 1.54) is 7.11 Å². The van der Waals surface area contributed by atoms with E-state index in [4.69, 9.17) is 5.11 Å². The summed E-state index contributed by atoms with van der Waals surface area (Å²) in [6.07, 6.45) is -0.255. The van der Waals surface area contributed by atoms with E-state index in [9.17, 15) is 9.59 Å². The lowest BCUT2D eigenvalue weighted by molar-refractivity contribution is -0.136. The van der Waals surface area contributed by atoms with Crippen LogP contribution in [0.1, 0.15) is 20.4 Å². The van der Waals surface area contributed by atoms with E-state index in [2.05, 4.69) is 9.72 Å². The maximum absolute atomic E-state index is 11.2. The zero-order chi connectivity index (χ0) is 10.7. The number of aliphatic carboxylic acids is 1. The number of hydrogen-bond donors (Lipinski definition) is 1. The molecular formula is C8H9NO4S. The Kier molecular flexibility index (Phi) is 3.19. The van der Waals surface area contributed by atoms with Gasteiger partial charge >= 0.3 is 11.9 Å². The van der Waals surface area contributed by atoms with Gasteiger partial charge in [-0.15, -0.1) is 11.3 Å². The fourth-order valence-electron chi connectivity index (χ4n) is 0.985. The monoisotopic (exact) mass is 215 g/mol. The van der Waals surface area contributed by atoms with Crippen LogP contribution in [0.4, 0.5) is 0 Å². The Balaban J connectivity index is 3.02. The number of nitrogens with zero attached hydrogens (tertiary/aromatic N) is 1. The highest BCUT2D eigenvalue weighted by molar-refractivity contribution is 7.13. The van der Waals surface area contributed by atoms with Gasteiger partial charge < -0.3 is 9.84 Å². The molecule has 76 valence electrons. The molecule has 0 aliphatic rings. The minimum Gasteiger partial charge on any atom is -0.481 e. The van der Waals surface area contributed by atoms with Crippen molar-refractivity contribution in [1.29, 1.82) is 0 Å². The number of esters is 1. The summed E-state index contributed by atoms with van der Waals surface area (Å²) in [5.74, 6) is -1.55. The third-order valence-corrected chi connectivity index (χ3v) is 2.49. The third-order valence-electron chi connectivity index (χ3n) is 1.49. The van der Waals surface area contributed by atoms with Crippen LogP contribution in [0.5, 0.6) is 0 Å². The first kappa shape index (κ1) is 10.6. The molecule has 0 fully saturated rings. The minimum absolute atomic E-state index is 0.255. The number of ether oxygens (including phenoxy) is 1. The molecule has 0 spiro atoms. The molecule has 0 atom stereocenters. The van der Waals surface area contributed by atoms with Gasteiger partial charge in [0.05, 0.1) is 24.2 Å². The van der Waals surface area contributed by atoms with Gasteiger partial charge in [0.15, 0.2) is 0 Å². The first-order valence-corrected chi connectivity index (χ1v) is 4.62. The summed E-state index contributed by atoms with van der Waals surface area (Å²) in [7, 11) is 1.25. The molecule has 0 aromatic carbocycles. The molecule has 0 aliphatic heterocycles. The number of hydrogen-bond acceptors (Lipinski definition) is 5. The van der Waals surface area contributed by atoms with Crippen molar-refractivity contribution >= 4 is 23.3 Å². The van der Waals surface area contributed by atoms with Gasteiger partial charge in [-0.2, -0.15) is 0 Å². The molecular weight excluding hydrogens is 206 g/mol. The predicted molar refractivity (Wildman–Crippen MR) is 49.5 cm³/mol. The number of aromatic nitrogens is 1. The smallest absolute Gasteiger partial charge is 0.350 e. The number of rotatable bonds is 3. The van der Waals surface area contributed by atoms with Gasteiger partial charge in [0, 0.05) is 0 Å². The molecule has 0 aliphatic carbocycles. The Hall–Kier alpha value is -1.43. The first-order chi connectivity index (χ1) is 6.54. The summed E-state index contributed by atoms with van der Waals surface area (Å²) in [5.41, 5.74) is 0.270. The maximum atomic E-state index is 11.2. The van der Waals surface area contributed by atoms with E-state index in [0.717, 1.165) is 11.3 Å². The van der Waals surface area contributed by atoms with Gasteiger partial charge in [-0.05, 0) is 6.92 Å². The van der Waals surface area contributed by atoms with Gasteiger partial charge in [-0.3, -0.25) is 4.79 Å². The number of thiazole rings is 1. The Morgan fingerprint density at radius 1 is 1.57 bits per heavy atom. The summed E-state index contributed by atoms with van der Waals surface area (Å²) in [6, 6.07) is 0. The van der Waals surface area contributed by atoms with Crippen molar-refractivity contribution in [2.24, 2.45) is 0 Å². The van der Waals surface area contributed by atoms with Crippen molar-refractivity contribution in [2.75, 3.05) is 7.11 Å². The number of carbonyl (C=O) groups excluding carboxylic acids is 1. The zero-order valence-corrected chi connectivity index (χ0v) is 8.55. The van der Waals surface area contributed by atoms with Crippen LogP contribution in [0.3, 0.4) is 0 Å². The van der Waals surface area contributed by atoms with Crippen molar-refractivity contribution in [3.8, 4) is 0 Å². The quantitative estimate of drug-likeness (QED) is 0.757. The molecule has 14 heavy (non-hydrogen) atoms. The minimum atomic E-state index is -1.01. The van der Waals surface area contributed by atoms with Gasteiger partial charge in [-0.25, -0.2) is 9.78 Å². The van der Waals surface area contributed by atoms with E-state index in [-0.39, 0.29) is 17.0 Å². The van der Waals surface area contributed by atoms with Gasteiger partial charge in [0.2, 0.25) is 0 Å². The first-order valence-electron chi connectivity index (χ1n) is 3.81. The molecule has 1 aromatic rings. The average molecular weight is 215 g/mol. The SMILES string of the molecule is COC(=O)c1sc(C)nc1CC(=O)O. The molecule has 0 saturated carbocycles. The summed E-state index contributed by atoms with van der Waals surface area (Å²) in [4.78, 5) is 25.9. The van der Waals surface area contributed by atoms with E-state index < -0.39 is 11.9 Å². The molecule has 1 aromatic heterocycles. The molecule has 0 radical (unpaired) electrons. The fourth-order valence-corrected chi connectivity index (χ4v) is 1.84. The van der Waals surface area contributed by atoms with Gasteiger partial charge in [0.25, 0.3) is 0 Å². The summed E-state index contributed by atoms with van der Waals surface area (Å²) in [5, 5.41) is 9.22.